The Bertz CT molecular complexity index is 717. The van der Waals surface area contributed by atoms with E-state index in [-0.39, 0.29) is 31.0 Å². The van der Waals surface area contributed by atoms with Crippen LogP contribution in [0.15, 0.2) is 18.2 Å². The summed E-state index contributed by atoms with van der Waals surface area (Å²) in [6.07, 6.45) is 0. The minimum atomic E-state index is -0.814. The highest BCUT2D eigenvalue weighted by Crippen LogP contribution is 2.44. The van der Waals surface area contributed by atoms with Crippen LogP contribution in [0.4, 0.5) is 0 Å². The molecule has 1 aromatic carbocycles. The first-order valence-corrected chi connectivity index (χ1v) is 8.93. The van der Waals surface area contributed by atoms with Crippen molar-refractivity contribution in [3.63, 3.8) is 0 Å². The molecular formula is C20H26O7. The summed E-state index contributed by atoms with van der Waals surface area (Å²) in [5.74, 6) is -1.34. The molecule has 1 fully saturated rings. The topological polar surface area (TPSA) is 91.4 Å². The minimum Gasteiger partial charge on any atom is -0.462 e. The van der Waals surface area contributed by atoms with Crippen molar-refractivity contribution < 1.29 is 33.3 Å². The normalized spacial score (nSPS) is 18.3. The smallest absolute Gasteiger partial charge is 0.313 e. The number of benzene rings is 1. The third kappa shape index (κ3) is 5.53. The van der Waals surface area contributed by atoms with Crippen LogP contribution in [-0.2, 0) is 40.8 Å². The van der Waals surface area contributed by atoms with Crippen LogP contribution in [0.2, 0.25) is 0 Å². The van der Waals surface area contributed by atoms with Crippen LogP contribution in [-0.4, -0.2) is 31.1 Å². The van der Waals surface area contributed by atoms with Gasteiger partial charge in [0.2, 0.25) is 0 Å². The van der Waals surface area contributed by atoms with Gasteiger partial charge in [0, 0.05) is 12.5 Å². The number of esters is 3. The maximum Gasteiger partial charge on any atom is 0.313 e. The zero-order valence-corrected chi connectivity index (χ0v) is 16.4. The lowest BCUT2D eigenvalue weighted by Crippen LogP contribution is -2.22. The summed E-state index contributed by atoms with van der Waals surface area (Å²) in [6.45, 7) is 8.76. The van der Waals surface area contributed by atoms with Gasteiger partial charge >= 0.3 is 17.9 Å². The van der Waals surface area contributed by atoms with Crippen molar-refractivity contribution in [1.29, 1.82) is 0 Å². The van der Waals surface area contributed by atoms with Gasteiger partial charge < -0.3 is 18.9 Å². The van der Waals surface area contributed by atoms with E-state index in [1.54, 1.807) is 45.9 Å². The Morgan fingerprint density at radius 3 is 2.22 bits per heavy atom. The van der Waals surface area contributed by atoms with Crippen molar-refractivity contribution in [2.75, 3.05) is 13.2 Å². The molecular weight excluding hydrogens is 352 g/mol. The highest BCUT2D eigenvalue weighted by atomic mass is 16.6. The monoisotopic (exact) mass is 378 g/mol. The summed E-state index contributed by atoms with van der Waals surface area (Å²) in [5, 5.41) is 0. The standard InChI is InChI=1S/C20H26O7/c1-12(2)18(22)24-9-15-6-7-16(17(8-15)27-19(23)13(3)4)20(11-26-20)10-25-14(5)21/h6-8,12-13H,9-11H2,1-5H3/t20-/m1/s1. The summed E-state index contributed by atoms with van der Waals surface area (Å²) < 4.78 is 21.4. The molecule has 1 heterocycles. The predicted octanol–water partition coefficient (Wildman–Crippen LogP) is 2.74. The van der Waals surface area contributed by atoms with E-state index in [1.807, 2.05) is 0 Å². The molecule has 0 unspecified atom stereocenters. The van der Waals surface area contributed by atoms with Crippen molar-refractivity contribution in [3.8, 4) is 5.75 Å². The zero-order chi connectivity index (χ0) is 20.2. The van der Waals surface area contributed by atoms with Crippen LogP contribution in [0.25, 0.3) is 0 Å². The van der Waals surface area contributed by atoms with E-state index >= 15 is 0 Å². The van der Waals surface area contributed by atoms with Crippen molar-refractivity contribution in [3.05, 3.63) is 29.3 Å². The Morgan fingerprint density at radius 2 is 1.70 bits per heavy atom. The lowest BCUT2D eigenvalue weighted by atomic mass is 9.98. The Morgan fingerprint density at radius 1 is 1.07 bits per heavy atom. The number of ether oxygens (including phenoxy) is 4. The number of epoxide rings is 1. The Labute approximate surface area is 158 Å². The average Bonchev–Trinajstić information content (AvgIpc) is 3.38. The van der Waals surface area contributed by atoms with E-state index in [0.29, 0.717) is 23.5 Å². The molecule has 0 saturated carbocycles. The molecule has 7 heteroatoms. The first-order valence-electron chi connectivity index (χ1n) is 8.93. The van der Waals surface area contributed by atoms with E-state index in [2.05, 4.69) is 0 Å². The average molecular weight is 378 g/mol. The van der Waals surface area contributed by atoms with Gasteiger partial charge in [-0.1, -0.05) is 39.8 Å². The lowest BCUT2D eigenvalue weighted by Gasteiger charge is -2.18. The van der Waals surface area contributed by atoms with Crippen LogP contribution in [0.5, 0.6) is 5.75 Å². The van der Waals surface area contributed by atoms with E-state index in [9.17, 15) is 14.4 Å². The summed E-state index contributed by atoms with van der Waals surface area (Å²) in [6, 6.07) is 5.17. The van der Waals surface area contributed by atoms with Crippen molar-refractivity contribution in [2.45, 2.75) is 46.8 Å². The number of hydrogen-bond donors (Lipinski definition) is 0. The summed E-state index contributed by atoms with van der Waals surface area (Å²) in [5.41, 5.74) is 0.491. The first-order chi connectivity index (χ1) is 12.6. The van der Waals surface area contributed by atoms with Gasteiger partial charge in [-0.15, -0.1) is 0 Å². The fraction of sp³-hybridized carbons (Fsp3) is 0.550. The molecule has 1 aliphatic rings. The van der Waals surface area contributed by atoms with Crippen molar-refractivity contribution in [1.82, 2.24) is 0 Å². The summed E-state index contributed by atoms with van der Waals surface area (Å²) in [4.78, 5) is 34.9. The lowest BCUT2D eigenvalue weighted by molar-refractivity contribution is -0.148. The molecule has 2 rings (SSSR count). The second-order valence-corrected chi connectivity index (χ2v) is 7.23. The quantitative estimate of drug-likeness (QED) is 0.390. The molecule has 1 aromatic rings. The highest BCUT2D eigenvalue weighted by molar-refractivity contribution is 5.75. The molecule has 0 radical (unpaired) electrons. The maximum atomic E-state index is 12.1. The van der Waals surface area contributed by atoms with E-state index in [0.717, 1.165) is 0 Å². The minimum absolute atomic E-state index is 0.0379. The van der Waals surface area contributed by atoms with Crippen LogP contribution in [0.3, 0.4) is 0 Å². The highest BCUT2D eigenvalue weighted by Gasteiger charge is 2.50. The molecule has 1 atom stereocenters. The van der Waals surface area contributed by atoms with Crippen LogP contribution >= 0.6 is 0 Å². The SMILES string of the molecule is CC(=O)OC[C@]1(c2ccc(COC(=O)C(C)C)cc2OC(=O)C(C)C)CO1. The van der Waals surface area contributed by atoms with Crippen LogP contribution in [0, 0.1) is 11.8 Å². The van der Waals surface area contributed by atoms with Gasteiger partial charge in [0.1, 0.15) is 19.0 Å². The third-order valence-corrected chi connectivity index (χ3v) is 4.07. The van der Waals surface area contributed by atoms with Gasteiger partial charge in [0.05, 0.1) is 18.4 Å². The maximum absolute atomic E-state index is 12.1. The van der Waals surface area contributed by atoms with Gasteiger partial charge in [-0.25, -0.2) is 0 Å². The number of carbonyl (C=O) groups excluding carboxylic acids is 3. The number of rotatable bonds is 8. The molecule has 0 aliphatic carbocycles. The van der Waals surface area contributed by atoms with E-state index in [4.69, 9.17) is 18.9 Å². The van der Waals surface area contributed by atoms with Crippen molar-refractivity contribution >= 4 is 17.9 Å². The number of hydrogen-bond acceptors (Lipinski definition) is 7. The molecule has 148 valence electrons. The summed E-state index contributed by atoms with van der Waals surface area (Å²) in [7, 11) is 0. The first kappa shape index (κ1) is 20.9. The molecule has 1 saturated heterocycles. The van der Waals surface area contributed by atoms with E-state index < -0.39 is 17.5 Å². The van der Waals surface area contributed by atoms with Gasteiger partial charge in [-0.05, 0) is 11.6 Å². The van der Waals surface area contributed by atoms with E-state index in [1.165, 1.54) is 6.92 Å². The molecule has 0 bridgehead atoms. The molecule has 0 amide bonds. The molecule has 1 aliphatic heterocycles. The Hall–Kier alpha value is -2.41. The van der Waals surface area contributed by atoms with Gasteiger partial charge in [0.15, 0.2) is 5.60 Å². The van der Waals surface area contributed by atoms with Gasteiger partial charge in [0.25, 0.3) is 0 Å². The second-order valence-electron chi connectivity index (χ2n) is 7.23. The van der Waals surface area contributed by atoms with Gasteiger partial charge in [-0.3, -0.25) is 14.4 Å². The summed E-state index contributed by atoms with van der Waals surface area (Å²) >= 11 is 0. The Kier molecular flexibility index (Phi) is 6.59. The fourth-order valence-electron chi connectivity index (χ4n) is 2.29. The number of carbonyl (C=O) groups is 3. The largest absolute Gasteiger partial charge is 0.462 e. The van der Waals surface area contributed by atoms with Crippen LogP contribution < -0.4 is 4.74 Å². The molecule has 7 nitrogen and oxygen atoms in total. The molecule has 27 heavy (non-hydrogen) atoms. The predicted molar refractivity (Wildman–Crippen MR) is 95.8 cm³/mol. The Balaban J connectivity index is 2.26. The van der Waals surface area contributed by atoms with Gasteiger partial charge in [-0.2, -0.15) is 0 Å². The second kappa shape index (κ2) is 8.52. The molecule has 0 N–H and O–H groups in total. The molecule has 0 aromatic heterocycles. The third-order valence-electron chi connectivity index (χ3n) is 4.07. The van der Waals surface area contributed by atoms with Crippen molar-refractivity contribution in [2.24, 2.45) is 11.8 Å². The van der Waals surface area contributed by atoms with Crippen LogP contribution in [0.1, 0.15) is 45.7 Å². The molecule has 0 spiro atoms. The zero-order valence-electron chi connectivity index (χ0n) is 16.4. The fourth-order valence-corrected chi connectivity index (χ4v) is 2.29.